The number of nitrogens with zero attached hydrogens (tertiary/aromatic N) is 1. The van der Waals surface area contributed by atoms with Gasteiger partial charge < -0.3 is 15.1 Å². The van der Waals surface area contributed by atoms with E-state index in [1.165, 1.54) is 10.9 Å². The molecule has 1 aliphatic rings. The summed E-state index contributed by atoms with van der Waals surface area (Å²) in [6, 6.07) is 8.62. The number of rotatable bonds is 1. The highest BCUT2D eigenvalue weighted by Crippen LogP contribution is 2.29. The van der Waals surface area contributed by atoms with Gasteiger partial charge in [-0.25, -0.2) is 0 Å². The van der Waals surface area contributed by atoms with Gasteiger partial charge >= 0.3 is 0 Å². The van der Waals surface area contributed by atoms with Crippen molar-refractivity contribution in [1.29, 1.82) is 0 Å². The number of benzene rings is 1. The lowest BCUT2D eigenvalue weighted by Crippen LogP contribution is -2.25. The van der Waals surface area contributed by atoms with E-state index >= 15 is 0 Å². The molecule has 1 unspecified atom stereocenters. The Bertz CT molecular complexity index is 518. The molecule has 0 bridgehead atoms. The first-order chi connectivity index (χ1) is 7.74. The highest BCUT2D eigenvalue weighted by Gasteiger charge is 2.22. The van der Waals surface area contributed by atoms with E-state index in [1.807, 2.05) is 0 Å². The van der Waals surface area contributed by atoms with Crippen molar-refractivity contribution < 1.29 is 4.42 Å². The summed E-state index contributed by atoms with van der Waals surface area (Å²) in [5.41, 5.74) is 8.09. The molecule has 0 amide bonds. The Kier molecular flexibility index (Phi) is 2.14. The minimum atomic E-state index is 0.286. The van der Waals surface area contributed by atoms with Crippen LogP contribution in [0.5, 0.6) is 0 Å². The van der Waals surface area contributed by atoms with Crippen molar-refractivity contribution in [3.05, 3.63) is 29.8 Å². The molecule has 16 heavy (non-hydrogen) atoms. The Morgan fingerprint density at radius 2 is 2.31 bits per heavy atom. The van der Waals surface area contributed by atoms with Gasteiger partial charge in [-0.3, -0.25) is 0 Å². The third-order valence-electron chi connectivity index (χ3n) is 3.26. The lowest BCUT2D eigenvalue weighted by atomic mass is 10.2. The average molecular weight is 216 g/mol. The molecular formula is C13H16N2O. The maximum Gasteiger partial charge on any atom is 0.196 e. The van der Waals surface area contributed by atoms with Gasteiger partial charge in [0.25, 0.3) is 0 Å². The summed E-state index contributed by atoms with van der Waals surface area (Å²) in [6.45, 7) is 3.98. The Hall–Kier alpha value is -1.48. The fourth-order valence-electron chi connectivity index (χ4n) is 2.34. The van der Waals surface area contributed by atoms with Crippen molar-refractivity contribution in [2.45, 2.75) is 19.4 Å². The van der Waals surface area contributed by atoms with Crippen molar-refractivity contribution in [1.82, 2.24) is 0 Å². The van der Waals surface area contributed by atoms with Crippen LogP contribution in [0.4, 0.5) is 5.88 Å². The normalized spacial score (nSPS) is 20.9. The third-order valence-corrected chi connectivity index (χ3v) is 3.26. The fourth-order valence-corrected chi connectivity index (χ4v) is 2.34. The number of anilines is 1. The highest BCUT2D eigenvalue weighted by molar-refractivity contribution is 5.83. The first-order valence-corrected chi connectivity index (χ1v) is 5.74. The van der Waals surface area contributed by atoms with Crippen LogP contribution in [0.3, 0.4) is 0 Å². The number of fused-ring (bicyclic) bond motifs is 1. The van der Waals surface area contributed by atoms with E-state index in [9.17, 15) is 0 Å². The molecule has 2 N–H and O–H groups in total. The van der Waals surface area contributed by atoms with Gasteiger partial charge in [0.15, 0.2) is 5.88 Å². The minimum Gasteiger partial charge on any atom is -0.440 e. The van der Waals surface area contributed by atoms with Crippen LogP contribution in [0, 0.1) is 6.92 Å². The molecule has 84 valence electrons. The van der Waals surface area contributed by atoms with Crippen LogP contribution in [-0.2, 0) is 0 Å². The van der Waals surface area contributed by atoms with Gasteiger partial charge in [-0.1, -0.05) is 18.2 Å². The second-order valence-corrected chi connectivity index (χ2v) is 4.57. The number of hydrogen-bond donors (Lipinski definition) is 1. The van der Waals surface area contributed by atoms with E-state index in [4.69, 9.17) is 10.2 Å². The molecule has 1 aromatic heterocycles. The number of furan rings is 1. The molecule has 1 aliphatic heterocycles. The zero-order valence-corrected chi connectivity index (χ0v) is 9.44. The second kappa shape index (κ2) is 3.52. The maximum atomic E-state index is 5.90. The Balaban J connectivity index is 2.02. The van der Waals surface area contributed by atoms with E-state index in [1.54, 1.807) is 0 Å². The molecule has 3 heteroatoms. The number of hydrogen-bond acceptors (Lipinski definition) is 3. The standard InChI is InChI=1S/C13H16N2O/c1-9-3-2-4-10-7-12(16-13(9)10)15-6-5-11(14)8-15/h2-4,7,11H,5-6,8,14H2,1H3. The predicted molar refractivity (Wildman–Crippen MR) is 65.8 cm³/mol. The zero-order valence-electron chi connectivity index (χ0n) is 9.44. The van der Waals surface area contributed by atoms with Crippen molar-refractivity contribution in [3.8, 4) is 0 Å². The maximum absolute atomic E-state index is 5.90. The van der Waals surface area contributed by atoms with Crippen molar-refractivity contribution in [2.24, 2.45) is 5.73 Å². The lowest BCUT2D eigenvalue weighted by molar-refractivity contribution is 0.595. The second-order valence-electron chi connectivity index (χ2n) is 4.57. The van der Waals surface area contributed by atoms with Crippen LogP contribution in [0.15, 0.2) is 28.7 Å². The Morgan fingerprint density at radius 1 is 1.44 bits per heavy atom. The molecule has 1 aromatic carbocycles. The topological polar surface area (TPSA) is 42.4 Å². The van der Waals surface area contributed by atoms with Crippen LogP contribution in [0.2, 0.25) is 0 Å². The summed E-state index contributed by atoms with van der Waals surface area (Å²) in [6.07, 6.45) is 1.05. The largest absolute Gasteiger partial charge is 0.440 e. The van der Waals surface area contributed by atoms with Crippen molar-refractivity contribution >= 4 is 16.9 Å². The summed E-state index contributed by atoms with van der Waals surface area (Å²) < 4.78 is 5.90. The molecular weight excluding hydrogens is 200 g/mol. The van der Waals surface area contributed by atoms with Crippen LogP contribution >= 0.6 is 0 Å². The van der Waals surface area contributed by atoms with E-state index < -0.39 is 0 Å². The first kappa shape index (κ1) is 9.73. The number of nitrogens with two attached hydrogens (primary N) is 1. The summed E-state index contributed by atoms with van der Waals surface area (Å²) in [5, 5.41) is 1.18. The molecule has 2 heterocycles. The van der Waals surface area contributed by atoms with Crippen molar-refractivity contribution in [3.63, 3.8) is 0 Å². The summed E-state index contributed by atoms with van der Waals surface area (Å²) >= 11 is 0. The van der Waals surface area contributed by atoms with E-state index in [0.717, 1.165) is 31.0 Å². The van der Waals surface area contributed by atoms with Gasteiger partial charge in [-0.15, -0.1) is 0 Å². The van der Waals surface area contributed by atoms with Gasteiger partial charge in [0.2, 0.25) is 0 Å². The van der Waals surface area contributed by atoms with Gasteiger partial charge in [0.1, 0.15) is 5.58 Å². The highest BCUT2D eigenvalue weighted by atomic mass is 16.4. The van der Waals surface area contributed by atoms with E-state index in [0.29, 0.717) is 0 Å². The minimum absolute atomic E-state index is 0.286. The quantitative estimate of drug-likeness (QED) is 0.795. The number of aryl methyl sites for hydroxylation is 1. The van der Waals surface area contributed by atoms with E-state index in [2.05, 4.69) is 36.1 Å². The number of para-hydroxylation sites is 1. The van der Waals surface area contributed by atoms with Crippen molar-refractivity contribution in [2.75, 3.05) is 18.0 Å². The first-order valence-electron chi connectivity index (χ1n) is 5.74. The van der Waals surface area contributed by atoms with Crippen LogP contribution in [0.25, 0.3) is 11.0 Å². The molecule has 3 rings (SSSR count). The van der Waals surface area contributed by atoms with Gasteiger partial charge in [-0.05, 0) is 18.9 Å². The SMILES string of the molecule is Cc1cccc2cc(N3CCC(N)C3)oc12. The summed E-state index contributed by atoms with van der Waals surface area (Å²) in [4.78, 5) is 2.23. The average Bonchev–Trinajstić information content (AvgIpc) is 2.84. The molecule has 3 nitrogen and oxygen atoms in total. The molecule has 0 saturated carbocycles. The van der Waals surface area contributed by atoms with Gasteiger partial charge in [0.05, 0.1) is 0 Å². The summed E-state index contributed by atoms with van der Waals surface area (Å²) in [7, 11) is 0. The van der Waals surface area contributed by atoms with Gasteiger partial charge in [0, 0.05) is 30.6 Å². The lowest BCUT2D eigenvalue weighted by Gasteiger charge is -2.13. The monoisotopic (exact) mass is 216 g/mol. The molecule has 1 saturated heterocycles. The van der Waals surface area contributed by atoms with Crippen LogP contribution < -0.4 is 10.6 Å². The molecule has 1 fully saturated rings. The van der Waals surface area contributed by atoms with Crippen LogP contribution in [0.1, 0.15) is 12.0 Å². The zero-order chi connectivity index (χ0) is 11.1. The van der Waals surface area contributed by atoms with Crippen LogP contribution in [-0.4, -0.2) is 19.1 Å². The third kappa shape index (κ3) is 1.48. The Morgan fingerprint density at radius 3 is 3.00 bits per heavy atom. The fraction of sp³-hybridized carbons (Fsp3) is 0.385. The molecule has 0 spiro atoms. The molecule has 2 aromatic rings. The molecule has 1 atom stereocenters. The Labute approximate surface area is 94.8 Å². The van der Waals surface area contributed by atoms with Gasteiger partial charge in [-0.2, -0.15) is 0 Å². The predicted octanol–water partition coefficient (Wildman–Crippen LogP) is 2.28. The molecule has 0 radical (unpaired) electrons. The smallest absolute Gasteiger partial charge is 0.196 e. The molecule has 0 aliphatic carbocycles. The summed E-state index contributed by atoms with van der Waals surface area (Å²) in [5.74, 6) is 0.956. The van der Waals surface area contributed by atoms with E-state index in [-0.39, 0.29) is 6.04 Å².